The average molecular weight is 839 g/mol. The van der Waals surface area contributed by atoms with Gasteiger partial charge in [-0.2, -0.15) is 0 Å². The number of aliphatic hydroxyl groups excluding tert-OH is 4. The van der Waals surface area contributed by atoms with Crippen molar-refractivity contribution in [2.75, 3.05) is 26.4 Å². The Hall–Kier alpha value is -1.33. The summed E-state index contributed by atoms with van der Waals surface area (Å²) in [6, 6.07) is 0. The van der Waals surface area contributed by atoms with Gasteiger partial charge in [0.25, 0.3) is 0 Å². The number of carbonyl (C=O) groups is 1. The van der Waals surface area contributed by atoms with Crippen LogP contribution in [0.25, 0.3) is 0 Å². The van der Waals surface area contributed by atoms with Gasteiger partial charge in [-0.1, -0.05) is 199 Å². The van der Waals surface area contributed by atoms with E-state index in [4.69, 9.17) is 18.9 Å². The van der Waals surface area contributed by atoms with E-state index < -0.39 is 43.4 Å². The van der Waals surface area contributed by atoms with Crippen molar-refractivity contribution in [1.29, 1.82) is 0 Å². The third-order valence-electron chi connectivity index (χ3n) is 11.6. The van der Waals surface area contributed by atoms with Crippen LogP contribution in [0, 0.1) is 0 Å². The molecule has 0 aromatic heterocycles. The number of aliphatic hydroxyl groups is 4. The molecule has 4 N–H and O–H groups in total. The van der Waals surface area contributed by atoms with Crippen LogP contribution >= 0.6 is 0 Å². The smallest absolute Gasteiger partial charge is 0.306 e. The van der Waals surface area contributed by atoms with Crippen LogP contribution < -0.4 is 0 Å². The molecule has 6 unspecified atom stereocenters. The predicted molar refractivity (Wildman–Crippen MR) is 242 cm³/mol. The lowest BCUT2D eigenvalue weighted by atomic mass is 9.99. The SMILES string of the molecule is CCCCC/C=C\C/C=C\CCCCCCCC(=O)OC(COCCCCCCCCCCCCCCCCCCCCCCC)COC1OC(CO)C(O)C(O)C1O. The molecule has 59 heavy (non-hydrogen) atoms. The van der Waals surface area contributed by atoms with Crippen molar-refractivity contribution >= 4 is 5.97 Å². The largest absolute Gasteiger partial charge is 0.457 e. The minimum absolute atomic E-state index is 0.115. The highest BCUT2D eigenvalue weighted by molar-refractivity contribution is 5.69. The van der Waals surface area contributed by atoms with Crippen LogP contribution in [0.4, 0.5) is 0 Å². The molecule has 1 heterocycles. The van der Waals surface area contributed by atoms with Crippen molar-refractivity contribution in [3.05, 3.63) is 24.3 Å². The highest BCUT2D eigenvalue weighted by atomic mass is 16.7. The first kappa shape index (κ1) is 55.7. The molecule has 6 atom stereocenters. The molecule has 0 aromatic carbocycles. The minimum atomic E-state index is -1.54. The summed E-state index contributed by atoms with van der Waals surface area (Å²) < 4.78 is 22.9. The molecule has 0 bridgehead atoms. The zero-order valence-electron chi connectivity index (χ0n) is 38.3. The molecule has 1 saturated heterocycles. The van der Waals surface area contributed by atoms with Crippen molar-refractivity contribution in [2.24, 2.45) is 0 Å². The molecular weight excluding hydrogens is 745 g/mol. The first-order chi connectivity index (χ1) is 28.9. The molecular formula is C50H94O9. The number of hydrogen-bond donors (Lipinski definition) is 4. The van der Waals surface area contributed by atoms with Crippen LogP contribution in [0.3, 0.4) is 0 Å². The molecule has 0 radical (unpaired) electrons. The summed E-state index contributed by atoms with van der Waals surface area (Å²) in [6.45, 7) is 4.55. The van der Waals surface area contributed by atoms with E-state index in [1.54, 1.807) is 0 Å². The van der Waals surface area contributed by atoms with Gasteiger partial charge in [0.2, 0.25) is 0 Å². The standard InChI is InChI=1S/C50H94O9/c1-3-5-7-9-11-13-15-17-19-20-21-22-23-24-26-28-30-32-34-36-38-40-56-42-44(43-57-50-49(55)48(54)47(53)45(41-51)59-50)58-46(52)39-37-35-33-31-29-27-25-18-16-14-12-10-8-6-4-2/h12,14,18,25,44-45,47-51,53-55H,3-11,13,15-17,19-24,26-43H2,1-2H3/b14-12-,25-18-. The average Bonchev–Trinajstić information content (AvgIpc) is 3.24. The van der Waals surface area contributed by atoms with E-state index in [-0.39, 0.29) is 19.2 Å². The van der Waals surface area contributed by atoms with E-state index in [2.05, 4.69) is 38.2 Å². The number of ether oxygens (including phenoxy) is 4. The van der Waals surface area contributed by atoms with Crippen LogP contribution in [0.2, 0.25) is 0 Å². The Morgan fingerprint density at radius 2 is 0.983 bits per heavy atom. The number of carbonyl (C=O) groups excluding carboxylic acids is 1. The summed E-state index contributed by atoms with van der Waals surface area (Å²) in [5.74, 6) is -0.323. The Balaban J connectivity index is 2.20. The fraction of sp³-hybridized carbons (Fsp3) is 0.900. The summed E-state index contributed by atoms with van der Waals surface area (Å²) >= 11 is 0. The number of unbranched alkanes of at least 4 members (excludes halogenated alkanes) is 28. The minimum Gasteiger partial charge on any atom is -0.457 e. The molecule has 1 aliphatic rings. The first-order valence-electron chi connectivity index (χ1n) is 24.9. The Morgan fingerprint density at radius 3 is 1.49 bits per heavy atom. The topological polar surface area (TPSA) is 135 Å². The van der Waals surface area contributed by atoms with Crippen LogP contribution in [0.1, 0.15) is 226 Å². The van der Waals surface area contributed by atoms with Crippen LogP contribution in [-0.2, 0) is 23.7 Å². The third kappa shape index (κ3) is 33.0. The van der Waals surface area contributed by atoms with Crippen molar-refractivity contribution in [1.82, 2.24) is 0 Å². The fourth-order valence-electron chi connectivity index (χ4n) is 7.70. The molecule has 0 saturated carbocycles. The highest BCUT2D eigenvalue weighted by Gasteiger charge is 2.44. The van der Waals surface area contributed by atoms with E-state index in [1.807, 2.05) is 0 Å². The Labute approximate surface area is 362 Å². The maximum Gasteiger partial charge on any atom is 0.306 e. The molecule has 0 aliphatic carbocycles. The molecule has 0 aromatic rings. The second-order valence-corrected chi connectivity index (χ2v) is 17.3. The van der Waals surface area contributed by atoms with Crippen LogP contribution in [0.5, 0.6) is 0 Å². The predicted octanol–water partition coefficient (Wildman–Crippen LogP) is 11.8. The van der Waals surface area contributed by atoms with Gasteiger partial charge in [-0.25, -0.2) is 0 Å². The molecule has 0 spiro atoms. The molecule has 1 rings (SSSR count). The monoisotopic (exact) mass is 839 g/mol. The summed E-state index contributed by atoms with van der Waals surface area (Å²) in [5, 5.41) is 40.2. The van der Waals surface area contributed by atoms with Gasteiger partial charge in [0.1, 0.15) is 30.5 Å². The van der Waals surface area contributed by atoms with Gasteiger partial charge in [-0.15, -0.1) is 0 Å². The van der Waals surface area contributed by atoms with E-state index in [0.29, 0.717) is 13.0 Å². The van der Waals surface area contributed by atoms with Gasteiger partial charge < -0.3 is 39.4 Å². The third-order valence-corrected chi connectivity index (χ3v) is 11.6. The first-order valence-corrected chi connectivity index (χ1v) is 24.9. The maximum atomic E-state index is 12.8. The number of hydrogen-bond acceptors (Lipinski definition) is 9. The quantitative estimate of drug-likeness (QED) is 0.0269. The van der Waals surface area contributed by atoms with Gasteiger partial charge in [-0.3, -0.25) is 4.79 Å². The number of rotatable bonds is 43. The fourth-order valence-corrected chi connectivity index (χ4v) is 7.70. The molecule has 9 nitrogen and oxygen atoms in total. The Bertz CT molecular complexity index is 957. The van der Waals surface area contributed by atoms with Crippen LogP contribution in [0.15, 0.2) is 24.3 Å². The van der Waals surface area contributed by atoms with Gasteiger partial charge in [-0.05, 0) is 44.9 Å². The summed E-state index contributed by atoms with van der Waals surface area (Å²) in [4.78, 5) is 12.8. The Morgan fingerprint density at radius 1 is 0.542 bits per heavy atom. The van der Waals surface area contributed by atoms with E-state index in [1.165, 1.54) is 148 Å². The summed E-state index contributed by atoms with van der Waals surface area (Å²) in [7, 11) is 0. The van der Waals surface area contributed by atoms with E-state index in [9.17, 15) is 25.2 Å². The van der Waals surface area contributed by atoms with Gasteiger partial charge in [0, 0.05) is 13.0 Å². The normalized spacial score (nSPS) is 20.3. The Kier molecular flexibility index (Phi) is 39.6. The molecule has 1 aliphatic heterocycles. The van der Waals surface area contributed by atoms with Crippen molar-refractivity contribution < 1.29 is 44.2 Å². The summed E-state index contributed by atoms with van der Waals surface area (Å²) in [6.07, 6.45) is 42.1. The maximum absolute atomic E-state index is 12.8. The second kappa shape index (κ2) is 42.0. The van der Waals surface area contributed by atoms with Gasteiger partial charge >= 0.3 is 5.97 Å². The zero-order chi connectivity index (χ0) is 42.9. The van der Waals surface area contributed by atoms with E-state index in [0.717, 1.165) is 57.8 Å². The van der Waals surface area contributed by atoms with Gasteiger partial charge in [0.05, 0.1) is 19.8 Å². The summed E-state index contributed by atoms with van der Waals surface area (Å²) in [5.41, 5.74) is 0. The van der Waals surface area contributed by atoms with Crippen LogP contribution in [-0.4, -0.2) is 89.6 Å². The lowest BCUT2D eigenvalue weighted by Gasteiger charge is -2.39. The van der Waals surface area contributed by atoms with Gasteiger partial charge in [0.15, 0.2) is 6.29 Å². The molecule has 9 heteroatoms. The lowest BCUT2D eigenvalue weighted by molar-refractivity contribution is -0.305. The molecule has 1 fully saturated rings. The number of allylic oxidation sites excluding steroid dienone is 4. The number of esters is 1. The van der Waals surface area contributed by atoms with Crippen molar-refractivity contribution in [3.8, 4) is 0 Å². The van der Waals surface area contributed by atoms with Crippen molar-refractivity contribution in [2.45, 2.75) is 263 Å². The van der Waals surface area contributed by atoms with Crippen molar-refractivity contribution in [3.63, 3.8) is 0 Å². The lowest BCUT2D eigenvalue weighted by Crippen LogP contribution is -2.59. The molecule has 0 amide bonds. The highest BCUT2D eigenvalue weighted by Crippen LogP contribution is 2.23. The molecule has 348 valence electrons. The van der Waals surface area contributed by atoms with E-state index >= 15 is 0 Å². The second-order valence-electron chi connectivity index (χ2n) is 17.3. The zero-order valence-corrected chi connectivity index (χ0v) is 38.3.